The van der Waals surface area contributed by atoms with Crippen LogP contribution in [-0.4, -0.2) is 36.4 Å². The first kappa shape index (κ1) is 52.7. The molecule has 0 heterocycles. The molecule has 366 valence electrons. The molecule has 4 aliphatic rings. The van der Waals surface area contributed by atoms with Crippen LogP contribution in [0.25, 0.3) is 13.2 Å². The van der Waals surface area contributed by atoms with Crippen molar-refractivity contribution in [2.45, 2.75) is 174 Å². The summed E-state index contributed by atoms with van der Waals surface area (Å²) in [6.45, 7) is 43.9. The number of thioether (sulfide) groups is 1. The standard InChI is InChI=1S/C61H90N4OS/c1-15-49(23-21-39(2)53-29-30-58-55(53)31-32-56-54-28-26-52(66)35-50(54)24-27-57(56)58)20-16-17-33-63-41(4)19-18-34-65(51-25-22-40(3)59(36-51)67-43(6)38-62)64(14)42(5)37-61(12,13)60-47(10)45(8)44(7)46(9)48(60)11/h15,22,25,36,39,49-50,52-58,63,66H,1,4-6,8,11,16-21,23-24,26-35,37H2,2-3,7,9-10,12-14H3. The molecule has 2 aromatic carbocycles. The molecule has 0 saturated heterocycles. The Balaban J connectivity index is 0.965. The third-order valence-electron chi connectivity index (χ3n) is 18.2. The largest absolute Gasteiger partial charge is 0.393 e. The van der Waals surface area contributed by atoms with Gasteiger partial charge >= 0.3 is 0 Å². The van der Waals surface area contributed by atoms with E-state index in [4.69, 9.17) is 0 Å². The van der Waals surface area contributed by atoms with E-state index in [1.165, 1.54) is 105 Å². The van der Waals surface area contributed by atoms with Crippen molar-refractivity contribution in [2.24, 2.45) is 53.3 Å². The lowest BCUT2D eigenvalue weighted by Gasteiger charge is -2.53. The van der Waals surface area contributed by atoms with Gasteiger partial charge in [-0.2, -0.15) is 5.26 Å². The van der Waals surface area contributed by atoms with Gasteiger partial charge in [0, 0.05) is 36.4 Å². The van der Waals surface area contributed by atoms with Gasteiger partial charge < -0.3 is 10.4 Å². The normalized spacial score (nSPS) is 25.4. The second-order valence-corrected chi connectivity index (χ2v) is 23.8. The van der Waals surface area contributed by atoms with Crippen molar-refractivity contribution in [3.63, 3.8) is 0 Å². The van der Waals surface area contributed by atoms with Crippen LogP contribution < -0.4 is 20.8 Å². The number of aryl methyl sites for hydroxylation is 1. The minimum Gasteiger partial charge on any atom is -0.393 e. The Morgan fingerprint density at radius 1 is 0.866 bits per heavy atom. The van der Waals surface area contributed by atoms with E-state index in [1.807, 2.05) is 0 Å². The van der Waals surface area contributed by atoms with E-state index in [-0.39, 0.29) is 11.5 Å². The number of rotatable bonds is 23. The number of benzene rings is 2. The van der Waals surface area contributed by atoms with Crippen molar-refractivity contribution >= 4 is 30.6 Å². The monoisotopic (exact) mass is 927 g/mol. The topological polar surface area (TPSA) is 62.5 Å². The molecule has 0 aromatic heterocycles. The maximum absolute atomic E-state index is 10.4. The van der Waals surface area contributed by atoms with Crippen LogP contribution in [-0.2, 0) is 5.41 Å². The Kier molecular flexibility index (Phi) is 18.3. The summed E-state index contributed by atoms with van der Waals surface area (Å²) in [7, 11) is 2.12. The third-order valence-corrected chi connectivity index (χ3v) is 19.1. The number of nitrogens with zero attached hydrogens (tertiary/aromatic N) is 3. The molecule has 6 rings (SSSR count). The highest BCUT2D eigenvalue weighted by molar-refractivity contribution is 8.03. The predicted octanol–water partition coefficient (Wildman–Crippen LogP) is 13.9. The van der Waals surface area contributed by atoms with Crippen molar-refractivity contribution in [1.82, 2.24) is 10.3 Å². The number of anilines is 1. The zero-order valence-corrected chi connectivity index (χ0v) is 44.3. The molecule has 0 amide bonds. The molecule has 10 atom stereocenters. The number of hydrazine groups is 1. The molecule has 10 unspecified atom stereocenters. The van der Waals surface area contributed by atoms with Crippen molar-refractivity contribution < 1.29 is 5.11 Å². The number of fused-ring (bicyclic) bond motifs is 5. The Morgan fingerprint density at radius 2 is 1.52 bits per heavy atom. The van der Waals surface area contributed by atoms with Crippen molar-refractivity contribution in [3.8, 4) is 6.07 Å². The number of nitriles is 1. The molecule has 2 aromatic rings. The molecular weight excluding hydrogens is 837 g/mol. The number of aliphatic hydroxyl groups is 1. The first-order valence-corrected chi connectivity index (χ1v) is 27.2. The highest BCUT2D eigenvalue weighted by Gasteiger charge is 2.52. The molecule has 5 nitrogen and oxygen atoms in total. The van der Waals surface area contributed by atoms with E-state index < -0.39 is 0 Å². The Bertz CT molecular complexity index is 2230. The number of aliphatic hydroxyl groups excluding tert-OH is 1. The highest BCUT2D eigenvalue weighted by Crippen LogP contribution is 2.60. The van der Waals surface area contributed by atoms with Crippen LogP contribution in [0.15, 0.2) is 71.8 Å². The fourth-order valence-corrected chi connectivity index (χ4v) is 14.9. The van der Waals surface area contributed by atoms with Crippen LogP contribution in [0, 0.1) is 92.3 Å². The number of unbranched alkanes of at least 4 members (excludes halogenated alkanes) is 1. The van der Waals surface area contributed by atoms with E-state index in [0.29, 0.717) is 10.8 Å². The van der Waals surface area contributed by atoms with Crippen LogP contribution in [0.3, 0.4) is 0 Å². The lowest BCUT2D eigenvalue weighted by Crippen LogP contribution is -2.46. The van der Waals surface area contributed by atoms with Gasteiger partial charge in [0.05, 0.1) is 16.7 Å². The zero-order valence-electron chi connectivity index (χ0n) is 43.5. The number of hydrogen-bond donors (Lipinski definition) is 2. The van der Waals surface area contributed by atoms with E-state index in [1.54, 1.807) is 0 Å². The van der Waals surface area contributed by atoms with Gasteiger partial charge in [0.15, 0.2) is 0 Å². The van der Waals surface area contributed by atoms with E-state index in [0.717, 1.165) is 137 Å². The van der Waals surface area contributed by atoms with E-state index >= 15 is 0 Å². The highest BCUT2D eigenvalue weighted by atomic mass is 32.2. The molecular formula is C61H90N4OS. The van der Waals surface area contributed by atoms with Gasteiger partial charge in [-0.05, 0) is 239 Å². The summed E-state index contributed by atoms with van der Waals surface area (Å²) in [6.07, 6.45) is 23.1. The molecule has 67 heavy (non-hydrogen) atoms. The van der Waals surface area contributed by atoms with Gasteiger partial charge in [-0.3, -0.25) is 10.0 Å². The first-order valence-electron chi connectivity index (χ1n) is 26.4. The summed E-state index contributed by atoms with van der Waals surface area (Å²) in [5.74, 6) is 7.91. The number of nitrogens with one attached hydrogen (secondary N) is 1. The fraction of sp³-hybridized carbons (Fsp3) is 0.623. The quantitative estimate of drug-likeness (QED) is 0.0381. The van der Waals surface area contributed by atoms with Crippen molar-refractivity contribution in [3.05, 3.63) is 105 Å². The Morgan fingerprint density at radius 3 is 2.25 bits per heavy atom. The average molecular weight is 927 g/mol. The molecule has 0 aliphatic heterocycles. The second-order valence-electron chi connectivity index (χ2n) is 22.7. The lowest BCUT2D eigenvalue weighted by atomic mass is 9.53. The molecule has 4 saturated carbocycles. The molecule has 4 aliphatic carbocycles. The summed E-state index contributed by atoms with van der Waals surface area (Å²) in [5, 5.41) is 30.3. The predicted molar refractivity (Wildman–Crippen MR) is 289 cm³/mol. The van der Waals surface area contributed by atoms with Gasteiger partial charge in [0.1, 0.15) is 6.07 Å². The van der Waals surface area contributed by atoms with Gasteiger partial charge in [-0.1, -0.05) is 84.0 Å². The molecule has 0 bridgehead atoms. The molecule has 0 radical (unpaired) electrons. The van der Waals surface area contributed by atoms with E-state index in [2.05, 4.69) is 141 Å². The lowest BCUT2D eigenvalue weighted by molar-refractivity contribution is -0.0519. The molecule has 4 fully saturated rings. The van der Waals surface area contributed by atoms with Gasteiger partial charge in [-0.25, -0.2) is 0 Å². The van der Waals surface area contributed by atoms with Crippen LogP contribution in [0.2, 0.25) is 0 Å². The summed E-state index contributed by atoms with van der Waals surface area (Å²) >= 11 is 1.43. The average Bonchev–Trinajstić information content (AvgIpc) is 3.75. The first-order chi connectivity index (χ1) is 31.9. The minimum absolute atomic E-state index is 0.0279. The van der Waals surface area contributed by atoms with Gasteiger partial charge in [-0.15, -0.1) is 6.58 Å². The summed E-state index contributed by atoms with van der Waals surface area (Å²) in [4.78, 5) is 1.52. The molecule has 0 spiro atoms. The van der Waals surface area contributed by atoms with Crippen molar-refractivity contribution in [1.29, 1.82) is 5.26 Å². The smallest absolute Gasteiger partial charge is 0.106 e. The van der Waals surface area contributed by atoms with Crippen LogP contribution in [0.1, 0.15) is 158 Å². The summed E-state index contributed by atoms with van der Waals surface area (Å²) in [6, 6.07) is 8.70. The minimum atomic E-state index is -0.218. The molecule has 2 N–H and O–H groups in total. The third kappa shape index (κ3) is 12.4. The Labute approximate surface area is 413 Å². The van der Waals surface area contributed by atoms with Crippen LogP contribution in [0.5, 0.6) is 0 Å². The maximum Gasteiger partial charge on any atom is 0.106 e. The maximum atomic E-state index is 10.4. The van der Waals surface area contributed by atoms with Gasteiger partial charge in [0.25, 0.3) is 0 Å². The van der Waals surface area contributed by atoms with Gasteiger partial charge in [0.2, 0.25) is 0 Å². The van der Waals surface area contributed by atoms with Crippen molar-refractivity contribution in [2.75, 3.05) is 25.1 Å². The number of hydrogen-bond acceptors (Lipinski definition) is 6. The second kappa shape index (κ2) is 23.3. The van der Waals surface area contributed by atoms with E-state index in [9.17, 15) is 10.4 Å². The zero-order chi connectivity index (χ0) is 48.7. The summed E-state index contributed by atoms with van der Waals surface area (Å²) in [5.41, 5.74) is 8.98. The van der Waals surface area contributed by atoms with Crippen LogP contribution in [0.4, 0.5) is 5.69 Å². The Hall–Kier alpha value is -3.66. The SMILES string of the molecule is C=CC(CCCCNC(=C)CCCN(c1ccc(C)c(SC(=C)C#N)c1)N(C)C(=C)CC(C)(C)c1c(C)c(=C)c(C)c(C)c1=C)CCC(C)C1CCC2C1CCC1C3CCC(O)CC3CCC12. The fourth-order valence-electron chi connectivity index (χ4n) is 14.2. The number of allylic oxidation sites excluding steroid dienone is 4. The van der Waals surface area contributed by atoms with Crippen LogP contribution >= 0.6 is 11.8 Å². The summed E-state index contributed by atoms with van der Waals surface area (Å²) < 4.78 is 0. The molecule has 6 heteroatoms.